The van der Waals surface area contributed by atoms with Gasteiger partial charge in [-0.05, 0) is 30.2 Å². The molecule has 0 radical (unpaired) electrons. The number of nitrogens with one attached hydrogen (secondary N) is 3. The lowest BCUT2D eigenvalue weighted by atomic mass is 10.1. The van der Waals surface area contributed by atoms with Crippen molar-refractivity contribution in [1.29, 1.82) is 0 Å². The van der Waals surface area contributed by atoms with Crippen molar-refractivity contribution in [3.63, 3.8) is 0 Å². The van der Waals surface area contributed by atoms with Crippen molar-refractivity contribution in [3.05, 3.63) is 70.4 Å². The topological polar surface area (TPSA) is 126 Å². The molecule has 0 saturated carbocycles. The van der Waals surface area contributed by atoms with Gasteiger partial charge in [-0.1, -0.05) is 18.2 Å². The van der Waals surface area contributed by atoms with Gasteiger partial charge in [0.2, 0.25) is 5.91 Å². The number of carbonyl (C=O) groups excluding carboxylic acids is 2. The van der Waals surface area contributed by atoms with Gasteiger partial charge in [-0.3, -0.25) is 30.6 Å². The fraction of sp³-hybridized carbons (Fsp3) is 0.158. The molecule has 3 N–H and O–H groups in total. The summed E-state index contributed by atoms with van der Waals surface area (Å²) in [6.45, 7) is -0.333. The Morgan fingerprint density at radius 1 is 1.04 bits per heavy atom. The summed E-state index contributed by atoms with van der Waals surface area (Å²) in [5.41, 5.74) is 6.57. The van der Waals surface area contributed by atoms with E-state index in [4.69, 9.17) is 4.74 Å². The Balaban J connectivity index is 1.39. The van der Waals surface area contributed by atoms with E-state index in [1.807, 2.05) is 30.5 Å². The third-order valence-corrected chi connectivity index (χ3v) is 4.06. The van der Waals surface area contributed by atoms with E-state index in [2.05, 4.69) is 15.8 Å². The maximum atomic E-state index is 11.9. The number of amides is 2. The Labute approximate surface area is 159 Å². The molecule has 9 heteroatoms. The lowest BCUT2D eigenvalue weighted by molar-refractivity contribution is -0.384. The van der Waals surface area contributed by atoms with Crippen molar-refractivity contribution >= 4 is 28.4 Å². The number of benzene rings is 2. The van der Waals surface area contributed by atoms with Crippen molar-refractivity contribution in [1.82, 2.24) is 15.8 Å². The number of H-pyrrole nitrogens is 1. The molecule has 0 aliphatic rings. The number of nitro benzene ring substituents is 1. The van der Waals surface area contributed by atoms with Crippen LogP contribution in [-0.4, -0.2) is 28.3 Å². The van der Waals surface area contributed by atoms with Gasteiger partial charge in [0.05, 0.1) is 4.92 Å². The second-order valence-corrected chi connectivity index (χ2v) is 6.00. The third kappa shape index (κ3) is 4.85. The van der Waals surface area contributed by atoms with Gasteiger partial charge in [0.15, 0.2) is 6.61 Å². The number of rotatable bonds is 7. The highest BCUT2D eigenvalue weighted by molar-refractivity contribution is 5.85. The lowest BCUT2D eigenvalue weighted by Gasteiger charge is -2.08. The van der Waals surface area contributed by atoms with Crippen LogP contribution >= 0.6 is 0 Å². The quantitative estimate of drug-likeness (QED) is 0.427. The predicted octanol–water partition coefficient (Wildman–Crippen LogP) is 2.24. The molecule has 0 bridgehead atoms. The normalized spacial score (nSPS) is 10.4. The van der Waals surface area contributed by atoms with Crippen LogP contribution < -0.4 is 15.6 Å². The number of non-ortho nitro benzene ring substituents is 1. The summed E-state index contributed by atoms with van der Waals surface area (Å²) in [7, 11) is 0. The number of nitro groups is 1. The zero-order chi connectivity index (χ0) is 19.9. The molecule has 9 nitrogen and oxygen atoms in total. The van der Waals surface area contributed by atoms with Gasteiger partial charge in [0.25, 0.3) is 11.6 Å². The van der Waals surface area contributed by atoms with E-state index in [1.165, 1.54) is 24.3 Å². The van der Waals surface area contributed by atoms with Crippen LogP contribution in [0.5, 0.6) is 5.75 Å². The SMILES string of the molecule is O=C(CCc1c[nH]c2ccccc12)NNC(=O)COc1ccc([N+](=O)[O-])cc1. The van der Waals surface area contributed by atoms with Gasteiger partial charge in [0, 0.05) is 35.7 Å². The Bertz CT molecular complexity index is 997. The summed E-state index contributed by atoms with van der Waals surface area (Å²) >= 11 is 0. The number of ether oxygens (including phenoxy) is 1. The van der Waals surface area contributed by atoms with E-state index in [1.54, 1.807) is 0 Å². The van der Waals surface area contributed by atoms with Gasteiger partial charge in [-0.15, -0.1) is 0 Å². The first-order valence-corrected chi connectivity index (χ1v) is 8.53. The van der Waals surface area contributed by atoms with E-state index in [0.29, 0.717) is 12.2 Å². The van der Waals surface area contributed by atoms with Crippen molar-refractivity contribution < 1.29 is 19.2 Å². The van der Waals surface area contributed by atoms with Gasteiger partial charge in [-0.2, -0.15) is 0 Å². The van der Waals surface area contributed by atoms with Crippen molar-refractivity contribution in [3.8, 4) is 5.75 Å². The van der Waals surface area contributed by atoms with Crippen LogP contribution in [0.4, 0.5) is 5.69 Å². The van der Waals surface area contributed by atoms with Crippen LogP contribution in [0.25, 0.3) is 10.9 Å². The van der Waals surface area contributed by atoms with Crippen LogP contribution in [0.1, 0.15) is 12.0 Å². The molecule has 1 aromatic heterocycles. The zero-order valence-corrected chi connectivity index (χ0v) is 14.8. The summed E-state index contributed by atoms with van der Waals surface area (Å²) < 4.78 is 5.21. The standard InChI is InChI=1S/C19H18N4O5/c24-18(10-5-13-11-20-17-4-2-1-3-16(13)17)21-22-19(25)12-28-15-8-6-14(7-9-15)23(26)27/h1-4,6-9,11,20H,5,10,12H2,(H,21,24)(H,22,25). The maximum Gasteiger partial charge on any atom is 0.276 e. The zero-order valence-electron chi connectivity index (χ0n) is 14.8. The molecule has 3 rings (SSSR count). The predicted molar refractivity (Wildman–Crippen MR) is 101 cm³/mol. The minimum atomic E-state index is -0.543. The fourth-order valence-corrected chi connectivity index (χ4v) is 2.64. The first kappa shape index (κ1) is 18.9. The average Bonchev–Trinajstić information content (AvgIpc) is 3.12. The highest BCUT2D eigenvalue weighted by Gasteiger charge is 2.09. The highest BCUT2D eigenvalue weighted by atomic mass is 16.6. The molecule has 0 saturated heterocycles. The van der Waals surface area contributed by atoms with Crippen molar-refractivity contribution in [2.24, 2.45) is 0 Å². The smallest absolute Gasteiger partial charge is 0.276 e. The van der Waals surface area contributed by atoms with E-state index in [0.717, 1.165) is 16.5 Å². The maximum absolute atomic E-state index is 11.9. The number of carbonyl (C=O) groups is 2. The molecule has 2 aromatic carbocycles. The van der Waals surface area contributed by atoms with Crippen LogP contribution in [0.3, 0.4) is 0 Å². The average molecular weight is 382 g/mol. The van der Waals surface area contributed by atoms with Crippen molar-refractivity contribution in [2.45, 2.75) is 12.8 Å². The number of aromatic amines is 1. The number of hydrogen-bond donors (Lipinski definition) is 3. The molecular formula is C19H18N4O5. The molecule has 0 fully saturated rings. The molecule has 1 heterocycles. The monoisotopic (exact) mass is 382 g/mol. The lowest BCUT2D eigenvalue weighted by Crippen LogP contribution is -2.43. The highest BCUT2D eigenvalue weighted by Crippen LogP contribution is 2.19. The summed E-state index contributed by atoms with van der Waals surface area (Å²) in [6.07, 6.45) is 2.62. The van der Waals surface area contributed by atoms with Crippen LogP contribution in [0.15, 0.2) is 54.7 Å². The minimum Gasteiger partial charge on any atom is -0.484 e. The molecule has 2 amide bonds. The number of hydrazine groups is 1. The van der Waals surface area contributed by atoms with Gasteiger partial charge < -0.3 is 9.72 Å². The van der Waals surface area contributed by atoms with Crippen molar-refractivity contribution in [2.75, 3.05) is 6.61 Å². The molecule has 0 aliphatic heterocycles. The Kier molecular flexibility index (Phi) is 5.85. The van der Waals surface area contributed by atoms with E-state index >= 15 is 0 Å². The summed E-state index contributed by atoms with van der Waals surface area (Å²) in [6, 6.07) is 13.2. The minimum absolute atomic E-state index is 0.0701. The van der Waals surface area contributed by atoms with Crippen LogP contribution in [-0.2, 0) is 16.0 Å². The van der Waals surface area contributed by atoms with Crippen LogP contribution in [0.2, 0.25) is 0 Å². The number of fused-ring (bicyclic) bond motifs is 1. The van der Waals surface area contributed by atoms with E-state index in [-0.39, 0.29) is 24.6 Å². The molecule has 28 heavy (non-hydrogen) atoms. The summed E-state index contributed by atoms with van der Waals surface area (Å²) in [5.74, 6) is -0.556. The number of aryl methyl sites for hydroxylation is 1. The van der Waals surface area contributed by atoms with Crippen LogP contribution in [0, 0.1) is 10.1 Å². The molecule has 0 atom stereocenters. The Morgan fingerprint density at radius 2 is 1.75 bits per heavy atom. The molecule has 0 aliphatic carbocycles. The van der Waals surface area contributed by atoms with Gasteiger partial charge >= 0.3 is 0 Å². The molecule has 0 spiro atoms. The molecule has 0 unspecified atom stereocenters. The van der Waals surface area contributed by atoms with Gasteiger partial charge in [-0.25, -0.2) is 0 Å². The molecule has 3 aromatic rings. The Hall–Kier alpha value is -3.88. The number of hydrogen-bond acceptors (Lipinski definition) is 5. The first-order chi connectivity index (χ1) is 13.5. The number of para-hydroxylation sites is 1. The molecule has 144 valence electrons. The summed E-state index contributed by atoms with van der Waals surface area (Å²) in [4.78, 5) is 36.9. The summed E-state index contributed by atoms with van der Waals surface area (Å²) in [5, 5.41) is 11.6. The van der Waals surface area contributed by atoms with E-state index in [9.17, 15) is 19.7 Å². The second-order valence-electron chi connectivity index (χ2n) is 6.00. The first-order valence-electron chi connectivity index (χ1n) is 8.53. The number of aromatic nitrogens is 1. The third-order valence-electron chi connectivity index (χ3n) is 4.06. The fourth-order valence-electron chi connectivity index (χ4n) is 2.64. The Morgan fingerprint density at radius 3 is 2.50 bits per heavy atom. The molecular weight excluding hydrogens is 364 g/mol. The number of nitrogens with zero attached hydrogens (tertiary/aromatic N) is 1. The second kappa shape index (κ2) is 8.67. The van der Waals surface area contributed by atoms with E-state index < -0.39 is 10.8 Å². The largest absolute Gasteiger partial charge is 0.484 e. The van der Waals surface area contributed by atoms with Gasteiger partial charge in [0.1, 0.15) is 5.75 Å².